The van der Waals surface area contributed by atoms with Crippen molar-refractivity contribution in [3.63, 3.8) is 0 Å². The number of aromatic amines is 1. The van der Waals surface area contributed by atoms with Crippen LogP contribution in [0.4, 0.5) is 0 Å². The van der Waals surface area contributed by atoms with Crippen molar-refractivity contribution in [2.24, 2.45) is 0 Å². The number of hydrogen-bond donors (Lipinski definition) is 2. The van der Waals surface area contributed by atoms with Crippen molar-refractivity contribution >= 4 is 34.1 Å². The Labute approximate surface area is 97.8 Å². The van der Waals surface area contributed by atoms with E-state index in [0.29, 0.717) is 10.0 Å². The van der Waals surface area contributed by atoms with Gasteiger partial charge in [0.1, 0.15) is 0 Å². The van der Waals surface area contributed by atoms with Gasteiger partial charge in [0, 0.05) is 18.2 Å². The summed E-state index contributed by atoms with van der Waals surface area (Å²) in [6, 6.07) is 3.75. The lowest BCUT2D eigenvalue weighted by atomic mass is 10.1. The first-order chi connectivity index (χ1) is 7.24. The average Bonchev–Trinajstić information content (AvgIpc) is 2.64. The van der Waals surface area contributed by atoms with Crippen LogP contribution in [0.5, 0.6) is 0 Å². The zero-order valence-electron chi connectivity index (χ0n) is 8.06. The zero-order valence-corrected chi connectivity index (χ0v) is 9.57. The molecule has 0 fully saturated rings. The number of aliphatic hydroxyl groups excluding tert-OH is 1. The van der Waals surface area contributed by atoms with E-state index in [0.717, 1.165) is 29.3 Å². The van der Waals surface area contributed by atoms with Gasteiger partial charge in [-0.1, -0.05) is 29.3 Å². The monoisotopic (exact) mass is 243 g/mol. The van der Waals surface area contributed by atoms with Crippen molar-refractivity contribution in [2.75, 3.05) is 6.61 Å². The minimum Gasteiger partial charge on any atom is -0.396 e. The Morgan fingerprint density at radius 2 is 2.07 bits per heavy atom. The maximum Gasteiger partial charge on any atom is 0.0833 e. The van der Waals surface area contributed by atoms with E-state index < -0.39 is 0 Å². The predicted molar refractivity (Wildman–Crippen MR) is 63.7 cm³/mol. The molecule has 1 heterocycles. The summed E-state index contributed by atoms with van der Waals surface area (Å²) in [4.78, 5) is 3.11. The van der Waals surface area contributed by atoms with Crippen molar-refractivity contribution in [3.05, 3.63) is 33.9 Å². The summed E-state index contributed by atoms with van der Waals surface area (Å²) >= 11 is 12.0. The van der Waals surface area contributed by atoms with Crippen LogP contribution in [0.25, 0.3) is 10.9 Å². The molecule has 0 saturated carbocycles. The minimum atomic E-state index is 0.202. The average molecular weight is 244 g/mol. The van der Waals surface area contributed by atoms with E-state index in [9.17, 15) is 0 Å². The Balaban J connectivity index is 2.47. The van der Waals surface area contributed by atoms with E-state index in [4.69, 9.17) is 28.3 Å². The van der Waals surface area contributed by atoms with Gasteiger partial charge in [0.05, 0.1) is 15.6 Å². The number of aryl methyl sites for hydroxylation is 1. The number of hydrogen-bond acceptors (Lipinski definition) is 1. The maximum absolute atomic E-state index is 8.78. The molecule has 0 unspecified atom stereocenters. The summed E-state index contributed by atoms with van der Waals surface area (Å²) in [7, 11) is 0. The van der Waals surface area contributed by atoms with Crippen LogP contribution in [0, 0.1) is 0 Å². The van der Waals surface area contributed by atoms with E-state index >= 15 is 0 Å². The summed E-state index contributed by atoms with van der Waals surface area (Å²) in [6.07, 6.45) is 3.52. The molecule has 0 spiro atoms. The number of benzene rings is 1. The number of nitrogens with one attached hydrogen (secondary N) is 1. The number of fused-ring (bicyclic) bond motifs is 1. The van der Waals surface area contributed by atoms with Crippen LogP contribution in [0.2, 0.25) is 10.0 Å². The smallest absolute Gasteiger partial charge is 0.0833 e. The van der Waals surface area contributed by atoms with Gasteiger partial charge in [-0.3, -0.25) is 0 Å². The molecule has 0 bridgehead atoms. The minimum absolute atomic E-state index is 0.202. The van der Waals surface area contributed by atoms with Gasteiger partial charge in [0.15, 0.2) is 0 Å². The molecule has 0 amide bonds. The van der Waals surface area contributed by atoms with Gasteiger partial charge in [0.2, 0.25) is 0 Å². The van der Waals surface area contributed by atoms with E-state index in [-0.39, 0.29) is 6.61 Å². The third-order valence-corrected chi connectivity index (χ3v) is 3.24. The molecule has 0 aliphatic carbocycles. The molecule has 1 aromatic heterocycles. The Morgan fingerprint density at radius 3 is 2.80 bits per heavy atom. The van der Waals surface area contributed by atoms with Crippen LogP contribution in [-0.2, 0) is 6.42 Å². The largest absolute Gasteiger partial charge is 0.396 e. The summed E-state index contributed by atoms with van der Waals surface area (Å²) in [6.45, 7) is 0.202. The molecular weight excluding hydrogens is 233 g/mol. The van der Waals surface area contributed by atoms with E-state index in [1.165, 1.54) is 0 Å². The van der Waals surface area contributed by atoms with E-state index in [1.54, 1.807) is 6.07 Å². The van der Waals surface area contributed by atoms with E-state index in [2.05, 4.69) is 4.98 Å². The van der Waals surface area contributed by atoms with E-state index in [1.807, 2.05) is 12.3 Å². The maximum atomic E-state index is 8.78. The van der Waals surface area contributed by atoms with Gasteiger partial charge in [-0.25, -0.2) is 0 Å². The Bertz CT molecular complexity index is 479. The number of halogens is 2. The van der Waals surface area contributed by atoms with Crippen LogP contribution >= 0.6 is 23.2 Å². The van der Waals surface area contributed by atoms with Gasteiger partial charge in [-0.15, -0.1) is 0 Å². The Kier molecular flexibility index (Phi) is 3.19. The number of H-pyrrole nitrogens is 1. The molecule has 4 heteroatoms. The molecule has 0 radical (unpaired) electrons. The third-order valence-electron chi connectivity index (χ3n) is 2.44. The fourth-order valence-electron chi connectivity index (χ4n) is 1.67. The number of aliphatic hydroxyl groups is 1. The quantitative estimate of drug-likeness (QED) is 0.852. The normalized spacial score (nSPS) is 11.1. The Hall–Kier alpha value is -0.700. The lowest BCUT2D eigenvalue weighted by Gasteiger charge is -1.99. The molecule has 2 rings (SSSR count). The lowest BCUT2D eigenvalue weighted by molar-refractivity contribution is 0.289. The topological polar surface area (TPSA) is 36.0 Å². The molecule has 15 heavy (non-hydrogen) atoms. The first kappa shape index (κ1) is 10.8. The van der Waals surface area contributed by atoms with Crippen LogP contribution < -0.4 is 0 Å². The Morgan fingerprint density at radius 1 is 1.27 bits per heavy atom. The highest BCUT2D eigenvalue weighted by Crippen LogP contribution is 2.31. The fraction of sp³-hybridized carbons (Fsp3) is 0.273. The standard InChI is InChI=1S/C11H11Cl2NO/c12-9-4-3-8-7(2-1-5-15)6-14-11(8)10(9)13/h3-4,6,14-15H,1-2,5H2. The highest BCUT2D eigenvalue weighted by molar-refractivity contribution is 6.45. The summed E-state index contributed by atoms with van der Waals surface area (Å²) < 4.78 is 0. The SMILES string of the molecule is OCCCc1c[nH]c2c(Cl)c(Cl)ccc12. The van der Waals surface area contributed by atoms with Crippen molar-refractivity contribution in [3.8, 4) is 0 Å². The van der Waals surface area contributed by atoms with Crippen molar-refractivity contribution in [1.82, 2.24) is 4.98 Å². The van der Waals surface area contributed by atoms with Crippen LogP contribution in [0.15, 0.2) is 18.3 Å². The second-order valence-electron chi connectivity index (χ2n) is 3.43. The molecule has 0 saturated heterocycles. The molecule has 80 valence electrons. The van der Waals surface area contributed by atoms with Gasteiger partial charge in [-0.2, -0.15) is 0 Å². The molecule has 2 N–H and O–H groups in total. The van der Waals surface area contributed by atoms with Gasteiger partial charge in [0.25, 0.3) is 0 Å². The van der Waals surface area contributed by atoms with Crippen molar-refractivity contribution in [2.45, 2.75) is 12.8 Å². The molecular formula is C11H11Cl2NO. The molecule has 0 aliphatic heterocycles. The second kappa shape index (κ2) is 4.44. The first-order valence-electron chi connectivity index (χ1n) is 4.79. The van der Waals surface area contributed by atoms with Crippen LogP contribution in [-0.4, -0.2) is 16.7 Å². The summed E-state index contributed by atoms with van der Waals surface area (Å²) in [5, 5.41) is 11.0. The molecule has 2 aromatic rings. The number of aromatic nitrogens is 1. The molecule has 1 aromatic carbocycles. The second-order valence-corrected chi connectivity index (χ2v) is 4.21. The summed E-state index contributed by atoms with van der Waals surface area (Å²) in [5.41, 5.74) is 2.04. The highest BCUT2D eigenvalue weighted by atomic mass is 35.5. The first-order valence-corrected chi connectivity index (χ1v) is 5.54. The predicted octanol–water partition coefficient (Wildman–Crippen LogP) is 3.40. The summed E-state index contributed by atoms with van der Waals surface area (Å²) in [5.74, 6) is 0. The van der Waals surface area contributed by atoms with Gasteiger partial charge >= 0.3 is 0 Å². The molecule has 0 atom stereocenters. The van der Waals surface area contributed by atoms with Crippen molar-refractivity contribution in [1.29, 1.82) is 0 Å². The third kappa shape index (κ3) is 1.98. The van der Waals surface area contributed by atoms with Crippen LogP contribution in [0.1, 0.15) is 12.0 Å². The fourth-order valence-corrected chi connectivity index (χ4v) is 2.05. The number of rotatable bonds is 3. The van der Waals surface area contributed by atoms with Crippen LogP contribution in [0.3, 0.4) is 0 Å². The molecule has 0 aliphatic rings. The lowest BCUT2D eigenvalue weighted by Crippen LogP contribution is -1.87. The highest BCUT2D eigenvalue weighted by Gasteiger charge is 2.08. The zero-order chi connectivity index (χ0) is 10.8. The van der Waals surface area contributed by atoms with Crippen molar-refractivity contribution < 1.29 is 5.11 Å². The van der Waals surface area contributed by atoms with Gasteiger partial charge < -0.3 is 10.1 Å². The molecule has 2 nitrogen and oxygen atoms in total. The van der Waals surface area contributed by atoms with Gasteiger partial charge in [-0.05, 0) is 24.5 Å².